The van der Waals surface area contributed by atoms with Crippen LogP contribution in [0.2, 0.25) is 0 Å². The van der Waals surface area contributed by atoms with Gasteiger partial charge >= 0.3 is 0 Å². The molecule has 2 aliphatic rings. The monoisotopic (exact) mass is 290 g/mol. The van der Waals surface area contributed by atoms with Crippen LogP contribution in [0.1, 0.15) is 24.8 Å². The highest BCUT2D eigenvalue weighted by Gasteiger charge is 2.20. The number of nitrogens with one attached hydrogen (secondary N) is 1. The van der Waals surface area contributed by atoms with E-state index < -0.39 is 0 Å². The van der Waals surface area contributed by atoms with Crippen molar-refractivity contribution < 1.29 is 14.3 Å². The number of nitrogens with zero attached hydrogens (tertiary/aromatic N) is 1. The molecule has 2 aliphatic heterocycles. The van der Waals surface area contributed by atoms with Crippen LogP contribution < -0.4 is 14.8 Å². The fourth-order valence-corrected chi connectivity index (χ4v) is 2.90. The van der Waals surface area contributed by atoms with Crippen molar-refractivity contribution in [2.24, 2.45) is 5.92 Å². The summed E-state index contributed by atoms with van der Waals surface area (Å²) in [6, 6.07) is 5.84. The van der Waals surface area contributed by atoms with E-state index in [9.17, 15) is 4.79 Å². The maximum absolute atomic E-state index is 12.3. The molecule has 0 bridgehead atoms. The lowest BCUT2D eigenvalue weighted by atomic mass is 9.95. The van der Waals surface area contributed by atoms with E-state index in [1.54, 1.807) is 4.90 Å². The average Bonchev–Trinajstić information content (AvgIpc) is 2.95. The summed E-state index contributed by atoms with van der Waals surface area (Å²) in [5.74, 6) is 2.23. The Morgan fingerprint density at radius 3 is 3.05 bits per heavy atom. The molecular formula is C16H22N2O3. The van der Waals surface area contributed by atoms with Gasteiger partial charge < -0.3 is 19.7 Å². The summed E-state index contributed by atoms with van der Waals surface area (Å²) in [5, 5.41) is 3.36. The van der Waals surface area contributed by atoms with Gasteiger partial charge in [0, 0.05) is 20.0 Å². The van der Waals surface area contributed by atoms with E-state index in [1.165, 1.54) is 6.42 Å². The van der Waals surface area contributed by atoms with E-state index in [0.717, 1.165) is 36.6 Å². The number of carbonyl (C=O) groups excluding carboxylic acids is 1. The van der Waals surface area contributed by atoms with Gasteiger partial charge in [-0.1, -0.05) is 6.07 Å². The lowest BCUT2D eigenvalue weighted by Gasteiger charge is -2.25. The molecule has 0 spiro atoms. The van der Waals surface area contributed by atoms with Crippen LogP contribution in [0.25, 0.3) is 0 Å². The molecule has 1 aromatic carbocycles. The molecule has 0 aromatic heterocycles. The summed E-state index contributed by atoms with van der Waals surface area (Å²) in [6.07, 6.45) is 2.95. The average molecular weight is 290 g/mol. The highest BCUT2D eigenvalue weighted by molar-refractivity contribution is 5.76. The van der Waals surface area contributed by atoms with Crippen molar-refractivity contribution in [3.63, 3.8) is 0 Å². The van der Waals surface area contributed by atoms with Gasteiger partial charge in [0.15, 0.2) is 11.5 Å². The van der Waals surface area contributed by atoms with Gasteiger partial charge in [-0.15, -0.1) is 0 Å². The Hall–Kier alpha value is -1.75. The standard InChI is InChI=1S/C16H22N2O3/c1-18(16(19)8-12-3-2-6-17-9-12)10-13-4-5-14-15(7-13)21-11-20-14/h4-5,7,12,17H,2-3,6,8-11H2,1H3. The number of hydrogen-bond acceptors (Lipinski definition) is 4. The number of hydrogen-bond donors (Lipinski definition) is 1. The third-order valence-corrected chi connectivity index (χ3v) is 4.14. The Bertz CT molecular complexity index is 512. The third-order valence-electron chi connectivity index (χ3n) is 4.14. The van der Waals surface area contributed by atoms with Crippen LogP contribution in [0.4, 0.5) is 0 Å². The Morgan fingerprint density at radius 1 is 1.38 bits per heavy atom. The number of amides is 1. The number of rotatable bonds is 4. The first-order valence-electron chi connectivity index (χ1n) is 7.55. The topological polar surface area (TPSA) is 50.8 Å². The zero-order chi connectivity index (χ0) is 14.7. The molecule has 1 N–H and O–H groups in total. The lowest BCUT2D eigenvalue weighted by Crippen LogP contribution is -2.34. The summed E-state index contributed by atoms with van der Waals surface area (Å²) in [5.41, 5.74) is 1.07. The van der Waals surface area contributed by atoms with E-state index in [-0.39, 0.29) is 12.7 Å². The maximum atomic E-state index is 12.3. The lowest BCUT2D eigenvalue weighted by molar-refractivity contribution is -0.131. The quantitative estimate of drug-likeness (QED) is 0.918. The van der Waals surface area contributed by atoms with Crippen LogP contribution in [-0.2, 0) is 11.3 Å². The normalized spacial score (nSPS) is 20.3. The molecule has 1 amide bonds. The third kappa shape index (κ3) is 3.47. The van der Waals surface area contributed by atoms with Crippen molar-refractivity contribution in [3.8, 4) is 11.5 Å². The predicted octanol–water partition coefficient (Wildman–Crippen LogP) is 1.76. The SMILES string of the molecule is CN(Cc1ccc2c(c1)OCO2)C(=O)CC1CCCNC1. The molecule has 0 aliphatic carbocycles. The Balaban J connectivity index is 1.55. The highest BCUT2D eigenvalue weighted by Crippen LogP contribution is 2.32. The second kappa shape index (κ2) is 6.35. The van der Waals surface area contributed by atoms with Gasteiger partial charge in [-0.2, -0.15) is 0 Å². The van der Waals surface area contributed by atoms with E-state index in [2.05, 4.69) is 5.32 Å². The first kappa shape index (κ1) is 14.2. The molecule has 1 atom stereocenters. The van der Waals surface area contributed by atoms with Gasteiger partial charge in [0.25, 0.3) is 0 Å². The van der Waals surface area contributed by atoms with Gasteiger partial charge in [0.2, 0.25) is 12.7 Å². The number of benzene rings is 1. The van der Waals surface area contributed by atoms with E-state index in [4.69, 9.17) is 9.47 Å². The van der Waals surface area contributed by atoms with E-state index in [0.29, 0.717) is 18.9 Å². The molecular weight excluding hydrogens is 268 g/mol. The molecule has 21 heavy (non-hydrogen) atoms. The van der Waals surface area contributed by atoms with Crippen LogP contribution >= 0.6 is 0 Å². The van der Waals surface area contributed by atoms with Crippen molar-refractivity contribution >= 4 is 5.91 Å². The first-order chi connectivity index (χ1) is 10.2. The fraction of sp³-hybridized carbons (Fsp3) is 0.562. The molecule has 3 rings (SSSR count). The maximum Gasteiger partial charge on any atom is 0.231 e. The number of fused-ring (bicyclic) bond motifs is 1. The molecule has 2 heterocycles. The number of carbonyl (C=O) groups is 1. The molecule has 1 unspecified atom stereocenters. The summed E-state index contributed by atoms with van der Waals surface area (Å²) >= 11 is 0. The molecule has 0 saturated carbocycles. The second-order valence-electron chi connectivity index (χ2n) is 5.85. The molecule has 1 fully saturated rings. The smallest absolute Gasteiger partial charge is 0.231 e. The van der Waals surface area contributed by atoms with Crippen molar-refractivity contribution in [2.45, 2.75) is 25.8 Å². The minimum absolute atomic E-state index is 0.210. The Morgan fingerprint density at radius 2 is 2.24 bits per heavy atom. The van der Waals surface area contributed by atoms with Crippen molar-refractivity contribution in [1.82, 2.24) is 10.2 Å². The van der Waals surface area contributed by atoms with Crippen molar-refractivity contribution in [2.75, 3.05) is 26.9 Å². The fourth-order valence-electron chi connectivity index (χ4n) is 2.90. The van der Waals surface area contributed by atoms with Crippen molar-refractivity contribution in [1.29, 1.82) is 0 Å². The van der Waals surface area contributed by atoms with Crippen LogP contribution in [-0.4, -0.2) is 37.7 Å². The Labute approximate surface area is 125 Å². The van der Waals surface area contributed by atoms with E-state index >= 15 is 0 Å². The minimum atomic E-state index is 0.210. The van der Waals surface area contributed by atoms with Crippen LogP contribution in [0.3, 0.4) is 0 Å². The van der Waals surface area contributed by atoms with Crippen LogP contribution in [0.5, 0.6) is 11.5 Å². The molecule has 1 aromatic rings. The summed E-state index contributed by atoms with van der Waals surface area (Å²) in [7, 11) is 1.86. The zero-order valence-corrected chi connectivity index (χ0v) is 12.4. The number of piperidine rings is 1. The summed E-state index contributed by atoms with van der Waals surface area (Å²) in [6.45, 7) is 2.93. The van der Waals surface area contributed by atoms with E-state index in [1.807, 2.05) is 25.2 Å². The van der Waals surface area contributed by atoms with Crippen LogP contribution in [0, 0.1) is 5.92 Å². The first-order valence-corrected chi connectivity index (χ1v) is 7.55. The van der Waals surface area contributed by atoms with Crippen molar-refractivity contribution in [3.05, 3.63) is 23.8 Å². The highest BCUT2D eigenvalue weighted by atomic mass is 16.7. The minimum Gasteiger partial charge on any atom is -0.454 e. The largest absolute Gasteiger partial charge is 0.454 e. The van der Waals surface area contributed by atoms with Crippen LogP contribution in [0.15, 0.2) is 18.2 Å². The molecule has 5 nitrogen and oxygen atoms in total. The second-order valence-corrected chi connectivity index (χ2v) is 5.85. The summed E-state index contributed by atoms with van der Waals surface area (Å²) in [4.78, 5) is 14.1. The summed E-state index contributed by atoms with van der Waals surface area (Å²) < 4.78 is 10.7. The van der Waals surface area contributed by atoms with Gasteiger partial charge in [-0.25, -0.2) is 0 Å². The zero-order valence-electron chi connectivity index (χ0n) is 12.4. The molecule has 1 saturated heterocycles. The van der Waals surface area contributed by atoms with Gasteiger partial charge in [0.05, 0.1) is 0 Å². The number of ether oxygens (including phenoxy) is 2. The predicted molar refractivity (Wildman–Crippen MR) is 79.2 cm³/mol. The molecule has 0 radical (unpaired) electrons. The van der Waals surface area contributed by atoms with Gasteiger partial charge in [0.1, 0.15) is 0 Å². The van der Waals surface area contributed by atoms with Gasteiger partial charge in [-0.3, -0.25) is 4.79 Å². The molecule has 5 heteroatoms. The Kier molecular flexibility index (Phi) is 4.29. The molecule has 114 valence electrons. The van der Waals surface area contributed by atoms with Gasteiger partial charge in [-0.05, 0) is 49.5 Å².